The Morgan fingerprint density at radius 3 is 3.00 bits per heavy atom. The lowest BCUT2D eigenvalue weighted by Crippen LogP contribution is -2.28. The van der Waals surface area contributed by atoms with Crippen molar-refractivity contribution in [1.82, 2.24) is 20.2 Å². The average Bonchev–Trinajstić information content (AvgIpc) is 3.24. The van der Waals surface area contributed by atoms with Crippen molar-refractivity contribution in [3.05, 3.63) is 28.3 Å². The van der Waals surface area contributed by atoms with E-state index in [-0.39, 0.29) is 5.91 Å². The van der Waals surface area contributed by atoms with Gasteiger partial charge >= 0.3 is 0 Å². The van der Waals surface area contributed by atoms with Crippen molar-refractivity contribution in [1.29, 1.82) is 0 Å². The molecule has 0 atom stereocenters. The summed E-state index contributed by atoms with van der Waals surface area (Å²) in [6.45, 7) is 6.20. The number of carbonyl (C=O) groups excluding carboxylic acids is 1. The number of carbonyl (C=O) groups is 1. The van der Waals surface area contributed by atoms with Crippen LogP contribution >= 0.6 is 11.3 Å². The Hall–Kier alpha value is -1.66. The first kappa shape index (κ1) is 15.2. The van der Waals surface area contributed by atoms with Gasteiger partial charge in [0.2, 0.25) is 0 Å². The van der Waals surface area contributed by atoms with Crippen LogP contribution in [0.3, 0.4) is 0 Å². The molecule has 0 saturated carbocycles. The highest BCUT2D eigenvalue weighted by Gasteiger charge is 2.12. The third kappa shape index (κ3) is 3.75. The molecule has 1 aliphatic rings. The third-order valence-electron chi connectivity index (χ3n) is 3.98. The fraction of sp³-hybridized carbons (Fsp3) is 0.500. The molecule has 0 unspecified atom stereocenters. The molecule has 0 aromatic carbocycles. The first-order chi connectivity index (χ1) is 10.7. The van der Waals surface area contributed by atoms with Gasteiger partial charge in [-0.25, -0.2) is 4.98 Å². The van der Waals surface area contributed by atoms with E-state index >= 15 is 0 Å². The number of aryl methyl sites for hydroxylation is 1. The first-order valence-electron chi connectivity index (χ1n) is 7.84. The van der Waals surface area contributed by atoms with E-state index in [1.54, 1.807) is 11.3 Å². The molecule has 1 fully saturated rings. The lowest BCUT2D eigenvalue weighted by molar-refractivity contribution is 0.0947. The van der Waals surface area contributed by atoms with Gasteiger partial charge in [0.15, 0.2) is 0 Å². The van der Waals surface area contributed by atoms with Crippen LogP contribution in [-0.2, 0) is 0 Å². The van der Waals surface area contributed by atoms with Gasteiger partial charge < -0.3 is 15.2 Å². The lowest BCUT2D eigenvalue weighted by Gasteiger charge is -2.14. The summed E-state index contributed by atoms with van der Waals surface area (Å²) in [6, 6.07) is 1.87. The average molecular weight is 318 g/mol. The summed E-state index contributed by atoms with van der Waals surface area (Å²) in [5.74, 6) is -0.0420. The van der Waals surface area contributed by atoms with Crippen LogP contribution in [0.5, 0.6) is 0 Å². The summed E-state index contributed by atoms with van der Waals surface area (Å²) in [5.41, 5.74) is 2.49. The Morgan fingerprint density at radius 2 is 2.27 bits per heavy atom. The maximum Gasteiger partial charge on any atom is 0.267 e. The number of nitrogens with one attached hydrogen (secondary N) is 2. The molecular formula is C16H22N4OS. The molecule has 0 spiro atoms. The maximum atomic E-state index is 12.1. The van der Waals surface area contributed by atoms with Crippen LogP contribution < -0.4 is 5.32 Å². The van der Waals surface area contributed by atoms with E-state index in [9.17, 15) is 4.79 Å². The molecule has 2 N–H and O–H groups in total. The molecule has 0 radical (unpaired) electrons. The van der Waals surface area contributed by atoms with Gasteiger partial charge in [0.05, 0.1) is 10.7 Å². The predicted molar refractivity (Wildman–Crippen MR) is 89.3 cm³/mol. The second-order valence-corrected chi connectivity index (χ2v) is 6.77. The fourth-order valence-corrected chi connectivity index (χ4v) is 3.40. The van der Waals surface area contributed by atoms with Crippen molar-refractivity contribution < 1.29 is 4.79 Å². The highest BCUT2D eigenvalue weighted by molar-refractivity contribution is 7.09. The fourth-order valence-electron chi connectivity index (χ4n) is 2.78. The van der Waals surface area contributed by atoms with Gasteiger partial charge in [-0.05, 0) is 51.9 Å². The van der Waals surface area contributed by atoms with Crippen molar-refractivity contribution in [3.8, 4) is 11.3 Å². The van der Waals surface area contributed by atoms with Gasteiger partial charge in [0.1, 0.15) is 5.69 Å². The summed E-state index contributed by atoms with van der Waals surface area (Å²) >= 11 is 1.62. The van der Waals surface area contributed by atoms with E-state index in [4.69, 9.17) is 0 Å². The largest absolute Gasteiger partial charge is 0.357 e. The number of hydrogen-bond acceptors (Lipinski definition) is 4. The number of H-pyrrole nitrogens is 1. The molecule has 1 aliphatic heterocycles. The topological polar surface area (TPSA) is 61.0 Å². The van der Waals surface area contributed by atoms with Crippen LogP contribution in [0.2, 0.25) is 0 Å². The van der Waals surface area contributed by atoms with Crippen molar-refractivity contribution >= 4 is 17.2 Å². The molecule has 2 aromatic heterocycles. The zero-order valence-corrected chi connectivity index (χ0v) is 13.7. The maximum absolute atomic E-state index is 12.1. The van der Waals surface area contributed by atoms with Gasteiger partial charge in [0.25, 0.3) is 5.91 Å². The van der Waals surface area contributed by atoms with E-state index in [0.717, 1.165) is 35.8 Å². The highest BCUT2D eigenvalue weighted by Crippen LogP contribution is 2.22. The Balaban J connectivity index is 1.47. The quantitative estimate of drug-likeness (QED) is 0.805. The smallest absolute Gasteiger partial charge is 0.267 e. The van der Waals surface area contributed by atoms with Crippen LogP contribution in [0, 0.1) is 6.92 Å². The highest BCUT2D eigenvalue weighted by atomic mass is 32.1. The molecule has 3 heterocycles. The van der Waals surface area contributed by atoms with E-state index in [1.165, 1.54) is 25.9 Å². The van der Waals surface area contributed by atoms with E-state index in [0.29, 0.717) is 5.69 Å². The SMILES string of the molecule is Cc1nc(-c2c[nH]c(C(=O)NCCCN3CCCC3)c2)cs1. The van der Waals surface area contributed by atoms with Crippen LogP contribution in [0.15, 0.2) is 17.6 Å². The number of aromatic amines is 1. The number of rotatable bonds is 6. The Morgan fingerprint density at radius 1 is 1.45 bits per heavy atom. The van der Waals surface area contributed by atoms with Gasteiger partial charge in [-0.2, -0.15) is 0 Å². The van der Waals surface area contributed by atoms with Crippen LogP contribution in [0.25, 0.3) is 11.3 Å². The van der Waals surface area contributed by atoms with Crippen molar-refractivity contribution in [2.24, 2.45) is 0 Å². The Bertz CT molecular complexity index is 628. The predicted octanol–water partition coefficient (Wildman–Crippen LogP) is 2.66. The Labute approximate surface area is 134 Å². The molecule has 1 amide bonds. The molecule has 118 valence electrons. The zero-order valence-electron chi connectivity index (χ0n) is 12.9. The molecule has 6 heteroatoms. The monoisotopic (exact) mass is 318 g/mol. The summed E-state index contributed by atoms with van der Waals surface area (Å²) < 4.78 is 0. The molecule has 5 nitrogen and oxygen atoms in total. The number of hydrogen-bond donors (Lipinski definition) is 2. The second kappa shape index (κ2) is 7.07. The molecule has 0 aliphatic carbocycles. The van der Waals surface area contributed by atoms with Crippen LogP contribution in [0.4, 0.5) is 0 Å². The minimum atomic E-state index is -0.0420. The third-order valence-corrected chi connectivity index (χ3v) is 4.75. The second-order valence-electron chi connectivity index (χ2n) is 5.71. The Kier molecular flexibility index (Phi) is 4.90. The molecule has 0 bridgehead atoms. The number of aromatic nitrogens is 2. The van der Waals surface area contributed by atoms with Gasteiger partial charge in [0, 0.05) is 23.7 Å². The van der Waals surface area contributed by atoms with E-state index in [2.05, 4.69) is 20.2 Å². The van der Waals surface area contributed by atoms with Crippen LogP contribution in [0.1, 0.15) is 34.8 Å². The van der Waals surface area contributed by atoms with Crippen molar-refractivity contribution in [2.45, 2.75) is 26.2 Å². The molecule has 2 aromatic rings. The molecular weight excluding hydrogens is 296 g/mol. The minimum Gasteiger partial charge on any atom is -0.357 e. The first-order valence-corrected chi connectivity index (χ1v) is 8.72. The molecule has 1 saturated heterocycles. The minimum absolute atomic E-state index is 0.0420. The molecule has 22 heavy (non-hydrogen) atoms. The van der Waals surface area contributed by atoms with E-state index < -0.39 is 0 Å². The van der Waals surface area contributed by atoms with Gasteiger partial charge in [-0.3, -0.25) is 4.79 Å². The van der Waals surface area contributed by atoms with Gasteiger partial charge in [-0.1, -0.05) is 0 Å². The zero-order chi connectivity index (χ0) is 15.4. The normalized spacial score (nSPS) is 15.3. The lowest BCUT2D eigenvalue weighted by atomic mass is 10.2. The summed E-state index contributed by atoms with van der Waals surface area (Å²) in [6.07, 6.45) is 5.47. The number of amides is 1. The van der Waals surface area contributed by atoms with Gasteiger partial charge in [-0.15, -0.1) is 11.3 Å². The summed E-state index contributed by atoms with van der Waals surface area (Å²) in [5, 5.41) is 6.02. The number of nitrogens with zero attached hydrogens (tertiary/aromatic N) is 2. The summed E-state index contributed by atoms with van der Waals surface area (Å²) in [4.78, 5) is 22.1. The van der Waals surface area contributed by atoms with Crippen molar-refractivity contribution in [3.63, 3.8) is 0 Å². The number of likely N-dealkylation sites (tertiary alicyclic amines) is 1. The number of thiazole rings is 1. The standard InChI is InChI=1S/C16H22N4OS/c1-12-19-15(11-22-12)13-9-14(18-10-13)16(21)17-5-4-8-20-6-2-3-7-20/h9-11,18H,2-8H2,1H3,(H,17,21). The van der Waals surface area contributed by atoms with Crippen LogP contribution in [-0.4, -0.2) is 47.0 Å². The summed E-state index contributed by atoms with van der Waals surface area (Å²) in [7, 11) is 0. The van der Waals surface area contributed by atoms with E-state index in [1.807, 2.05) is 24.6 Å². The molecule has 3 rings (SSSR count). The van der Waals surface area contributed by atoms with Crippen molar-refractivity contribution in [2.75, 3.05) is 26.2 Å².